The fourth-order valence-electron chi connectivity index (χ4n) is 1.28. The van der Waals surface area contributed by atoms with Gasteiger partial charge in [-0.25, -0.2) is 0 Å². The summed E-state index contributed by atoms with van der Waals surface area (Å²) < 4.78 is 0. The van der Waals surface area contributed by atoms with Gasteiger partial charge in [0.1, 0.15) is 0 Å². The molecular formula is C10H16. The maximum atomic E-state index is 2.26. The molecule has 0 aromatic rings. The van der Waals surface area contributed by atoms with Crippen molar-refractivity contribution in [1.82, 2.24) is 0 Å². The van der Waals surface area contributed by atoms with Crippen LogP contribution in [-0.4, -0.2) is 0 Å². The second-order valence-electron chi connectivity index (χ2n) is 2.91. The zero-order chi connectivity index (χ0) is 7.23. The van der Waals surface area contributed by atoms with Crippen LogP contribution < -0.4 is 0 Å². The normalized spacial score (nSPS) is 15.9. The zero-order valence-corrected chi connectivity index (χ0v) is 6.77. The van der Waals surface area contributed by atoms with E-state index in [1.807, 2.05) is 0 Å². The van der Waals surface area contributed by atoms with Crippen LogP contribution in [0.2, 0.25) is 0 Å². The summed E-state index contributed by atoms with van der Waals surface area (Å²) in [6.45, 7) is 2.25. The summed E-state index contributed by atoms with van der Waals surface area (Å²) in [4.78, 5) is 0. The van der Waals surface area contributed by atoms with Crippen molar-refractivity contribution in [3.63, 3.8) is 0 Å². The largest absolute Gasteiger partial charge is 0.0805 e. The second kappa shape index (κ2) is 4.32. The van der Waals surface area contributed by atoms with E-state index in [1.54, 1.807) is 5.57 Å². The molecule has 0 amide bonds. The Labute approximate surface area is 63.6 Å². The molecule has 0 saturated heterocycles. The molecular weight excluding hydrogens is 120 g/mol. The Hall–Kier alpha value is -0.520. The van der Waals surface area contributed by atoms with E-state index in [0.717, 1.165) is 0 Å². The van der Waals surface area contributed by atoms with Gasteiger partial charge in [-0.2, -0.15) is 0 Å². The molecule has 1 aliphatic rings. The predicted octanol–water partition coefficient (Wildman–Crippen LogP) is 3.45. The van der Waals surface area contributed by atoms with Gasteiger partial charge < -0.3 is 0 Å². The molecule has 0 radical (unpaired) electrons. The van der Waals surface area contributed by atoms with Crippen LogP contribution in [0.3, 0.4) is 0 Å². The van der Waals surface area contributed by atoms with E-state index in [0.29, 0.717) is 0 Å². The smallest absolute Gasteiger partial charge is 0.0133 e. The summed E-state index contributed by atoms with van der Waals surface area (Å²) in [5.74, 6) is 0. The van der Waals surface area contributed by atoms with Gasteiger partial charge in [-0.15, -0.1) is 0 Å². The third kappa shape index (κ3) is 2.38. The molecule has 1 rings (SSSR count). The highest BCUT2D eigenvalue weighted by atomic mass is 14.0. The number of rotatable bonds is 4. The molecule has 0 aromatic carbocycles. The summed E-state index contributed by atoms with van der Waals surface area (Å²) in [6, 6.07) is 0. The summed E-state index contributed by atoms with van der Waals surface area (Å²) in [5.41, 5.74) is 1.62. The van der Waals surface area contributed by atoms with Crippen molar-refractivity contribution in [2.24, 2.45) is 0 Å². The second-order valence-corrected chi connectivity index (χ2v) is 2.91. The summed E-state index contributed by atoms with van der Waals surface area (Å²) in [7, 11) is 0. The van der Waals surface area contributed by atoms with E-state index >= 15 is 0 Å². The molecule has 0 unspecified atom stereocenters. The molecule has 0 spiro atoms. The van der Waals surface area contributed by atoms with Crippen LogP contribution >= 0.6 is 0 Å². The van der Waals surface area contributed by atoms with Gasteiger partial charge in [0.05, 0.1) is 0 Å². The van der Waals surface area contributed by atoms with Crippen molar-refractivity contribution >= 4 is 0 Å². The molecule has 0 bridgehead atoms. The molecule has 0 saturated carbocycles. The Morgan fingerprint density at radius 1 is 1.40 bits per heavy atom. The molecule has 0 atom stereocenters. The number of unbranched alkanes of at least 4 members (excludes halogenated alkanes) is 2. The SMILES string of the molecule is CCCCCC1=CC=CC1. The van der Waals surface area contributed by atoms with E-state index in [1.165, 1.54) is 32.1 Å². The maximum absolute atomic E-state index is 2.26. The predicted molar refractivity (Wildman–Crippen MR) is 46.0 cm³/mol. The van der Waals surface area contributed by atoms with E-state index in [-0.39, 0.29) is 0 Å². The molecule has 56 valence electrons. The lowest BCUT2D eigenvalue weighted by atomic mass is 10.1. The molecule has 0 nitrogen and oxygen atoms in total. The van der Waals surface area contributed by atoms with Crippen molar-refractivity contribution in [3.8, 4) is 0 Å². The number of hydrogen-bond acceptors (Lipinski definition) is 0. The fraction of sp³-hybridized carbons (Fsp3) is 0.600. The first-order valence-corrected chi connectivity index (χ1v) is 4.28. The van der Waals surface area contributed by atoms with Crippen molar-refractivity contribution < 1.29 is 0 Å². The summed E-state index contributed by atoms with van der Waals surface area (Å²) in [6.07, 6.45) is 13.3. The van der Waals surface area contributed by atoms with Crippen LogP contribution in [0.15, 0.2) is 23.8 Å². The minimum atomic E-state index is 1.21. The standard InChI is InChI=1S/C10H16/c1-2-3-4-7-10-8-5-6-9-10/h5-6,8H,2-4,7,9H2,1H3. The zero-order valence-electron chi connectivity index (χ0n) is 6.77. The minimum absolute atomic E-state index is 1.21. The van der Waals surface area contributed by atoms with Crippen LogP contribution in [0, 0.1) is 0 Å². The lowest BCUT2D eigenvalue weighted by Crippen LogP contribution is -1.79. The number of allylic oxidation sites excluding steroid dienone is 4. The molecule has 10 heavy (non-hydrogen) atoms. The van der Waals surface area contributed by atoms with E-state index in [2.05, 4.69) is 25.2 Å². The average Bonchev–Trinajstić information content (AvgIpc) is 2.41. The Bertz CT molecular complexity index is 140. The summed E-state index contributed by atoms with van der Waals surface area (Å²) in [5, 5.41) is 0. The Morgan fingerprint density at radius 3 is 2.90 bits per heavy atom. The van der Waals surface area contributed by atoms with Crippen molar-refractivity contribution in [2.75, 3.05) is 0 Å². The molecule has 0 aliphatic heterocycles. The highest BCUT2D eigenvalue weighted by molar-refractivity contribution is 5.22. The molecule has 0 heteroatoms. The van der Waals surface area contributed by atoms with E-state index < -0.39 is 0 Å². The number of hydrogen-bond donors (Lipinski definition) is 0. The minimum Gasteiger partial charge on any atom is -0.0805 e. The van der Waals surface area contributed by atoms with Crippen LogP contribution in [0.5, 0.6) is 0 Å². The summed E-state index contributed by atoms with van der Waals surface area (Å²) >= 11 is 0. The first-order chi connectivity index (χ1) is 4.93. The lowest BCUT2D eigenvalue weighted by Gasteiger charge is -1.98. The highest BCUT2D eigenvalue weighted by Crippen LogP contribution is 2.17. The first-order valence-electron chi connectivity index (χ1n) is 4.28. The van der Waals surface area contributed by atoms with Gasteiger partial charge in [0.15, 0.2) is 0 Å². The van der Waals surface area contributed by atoms with Gasteiger partial charge in [0.2, 0.25) is 0 Å². The monoisotopic (exact) mass is 136 g/mol. The van der Waals surface area contributed by atoms with Crippen LogP contribution in [0.1, 0.15) is 39.0 Å². The average molecular weight is 136 g/mol. The molecule has 1 aliphatic carbocycles. The van der Waals surface area contributed by atoms with Crippen LogP contribution in [0.4, 0.5) is 0 Å². The maximum Gasteiger partial charge on any atom is -0.0133 e. The van der Waals surface area contributed by atoms with Gasteiger partial charge in [0.25, 0.3) is 0 Å². The Balaban J connectivity index is 2.04. The van der Waals surface area contributed by atoms with E-state index in [9.17, 15) is 0 Å². The van der Waals surface area contributed by atoms with Crippen molar-refractivity contribution in [2.45, 2.75) is 39.0 Å². The molecule has 0 heterocycles. The molecule has 0 aromatic heterocycles. The van der Waals surface area contributed by atoms with E-state index in [4.69, 9.17) is 0 Å². The van der Waals surface area contributed by atoms with Crippen molar-refractivity contribution in [3.05, 3.63) is 23.8 Å². The van der Waals surface area contributed by atoms with Gasteiger partial charge in [-0.3, -0.25) is 0 Å². The van der Waals surface area contributed by atoms with Crippen LogP contribution in [0.25, 0.3) is 0 Å². The lowest BCUT2D eigenvalue weighted by molar-refractivity contribution is 0.709. The fourth-order valence-corrected chi connectivity index (χ4v) is 1.28. The quantitative estimate of drug-likeness (QED) is 0.519. The molecule has 0 fully saturated rings. The first kappa shape index (κ1) is 7.59. The molecule has 0 N–H and O–H groups in total. The highest BCUT2D eigenvalue weighted by Gasteiger charge is 1.97. The van der Waals surface area contributed by atoms with Gasteiger partial charge in [-0.05, 0) is 19.3 Å². The van der Waals surface area contributed by atoms with Gasteiger partial charge in [0, 0.05) is 0 Å². The van der Waals surface area contributed by atoms with Crippen molar-refractivity contribution in [1.29, 1.82) is 0 Å². The topological polar surface area (TPSA) is 0 Å². The third-order valence-corrected chi connectivity index (χ3v) is 1.95. The van der Waals surface area contributed by atoms with Gasteiger partial charge >= 0.3 is 0 Å². The van der Waals surface area contributed by atoms with Gasteiger partial charge in [-0.1, -0.05) is 43.6 Å². The third-order valence-electron chi connectivity index (χ3n) is 1.95. The Morgan fingerprint density at radius 2 is 2.30 bits per heavy atom. The Kier molecular flexibility index (Phi) is 3.28. The van der Waals surface area contributed by atoms with Crippen LogP contribution in [-0.2, 0) is 0 Å².